The SMILES string of the molecule is COC1(CC(=O)NC2(C(N)=S)CCCC2)CCC1. The van der Waals surface area contributed by atoms with Crippen molar-refractivity contribution in [2.75, 3.05) is 7.11 Å². The highest BCUT2D eigenvalue weighted by molar-refractivity contribution is 7.80. The van der Waals surface area contributed by atoms with Gasteiger partial charge >= 0.3 is 0 Å². The first-order valence-electron chi connectivity index (χ1n) is 6.68. The first kappa shape index (κ1) is 13.7. The summed E-state index contributed by atoms with van der Waals surface area (Å²) in [6, 6.07) is 0. The van der Waals surface area contributed by atoms with Gasteiger partial charge in [-0.3, -0.25) is 4.79 Å². The standard InChI is InChI=1S/C13H22N2O2S/c1-17-12(5-4-6-12)9-10(16)15-13(11(14)18)7-2-3-8-13/h2-9H2,1H3,(H2,14,18)(H,15,16). The Morgan fingerprint density at radius 1 is 1.28 bits per heavy atom. The molecule has 0 aliphatic heterocycles. The van der Waals surface area contributed by atoms with Crippen LogP contribution < -0.4 is 11.1 Å². The molecule has 3 N–H and O–H groups in total. The molecule has 0 aromatic heterocycles. The third-order valence-corrected chi connectivity index (χ3v) is 4.88. The fraction of sp³-hybridized carbons (Fsp3) is 0.846. The highest BCUT2D eigenvalue weighted by atomic mass is 32.1. The van der Waals surface area contributed by atoms with Crippen LogP contribution in [0.3, 0.4) is 0 Å². The molecular formula is C13H22N2O2S. The fourth-order valence-corrected chi connectivity index (χ4v) is 3.29. The minimum Gasteiger partial charge on any atom is -0.391 e. The zero-order valence-electron chi connectivity index (χ0n) is 11.0. The molecule has 0 unspecified atom stereocenters. The van der Waals surface area contributed by atoms with Gasteiger partial charge in [0.05, 0.1) is 22.5 Å². The van der Waals surface area contributed by atoms with Crippen LogP contribution in [0, 0.1) is 0 Å². The summed E-state index contributed by atoms with van der Waals surface area (Å²) in [5.41, 5.74) is 5.13. The Morgan fingerprint density at radius 3 is 2.28 bits per heavy atom. The number of amides is 1. The van der Waals surface area contributed by atoms with Crippen molar-refractivity contribution in [3.8, 4) is 0 Å². The van der Waals surface area contributed by atoms with Gasteiger partial charge in [0.25, 0.3) is 0 Å². The number of nitrogens with one attached hydrogen (secondary N) is 1. The summed E-state index contributed by atoms with van der Waals surface area (Å²) in [6.45, 7) is 0. The van der Waals surface area contributed by atoms with Gasteiger partial charge in [0, 0.05) is 7.11 Å². The Balaban J connectivity index is 1.95. The summed E-state index contributed by atoms with van der Waals surface area (Å²) in [6.07, 6.45) is 7.39. The maximum atomic E-state index is 12.2. The monoisotopic (exact) mass is 270 g/mol. The lowest BCUT2D eigenvalue weighted by atomic mass is 9.77. The van der Waals surface area contributed by atoms with Gasteiger partial charge in [0.2, 0.25) is 5.91 Å². The van der Waals surface area contributed by atoms with E-state index in [4.69, 9.17) is 22.7 Å². The predicted octanol–water partition coefficient (Wildman–Crippen LogP) is 1.66. The number of thiocarbonyl (C=S) groups is 1. The molecule has 2 aliphatic rings. The number of hydrogen-bond acceptors (Lipinski definition) is 3. The quantitative estimate of drug-likeness (QED) is 0.746. The van der Waals surface area contributed by atoms with Crippen LogP contribution >= 0.6 is 12.2 Å². The van der Waals surface area contributed by atoms with Crippen molar-refractivity contribution in [3.63, 3.8) is 0 Å². The van der Waals surface area contributed by atoms with Crippen LogP contribution in [0.15, 0.2) is 0 Å². The molecule has 0 radical (unpaired) electrons. The van der Waals surface area contributed by atoms with Crippen molar-refractivity contribution in [2.45, 2.75) is 62.5 Å². The molecule has 2 fully saturated rings. The molecule has 0 bridgehead atoms. The van der Waals surface area contributed by atoms with Crippen LogP contribution in [-0.4, -0.2) is 29.1 Å². The minimum atomic E-state index is -0.439. The Hall–Kier alpha value is -0.680. The van der Waals surface area contributed by atoms with Crippen LogP contribution in [0.4, 0.5) is 0 Å². The maximum absolute atomic E-state index is 12.2. The molecule has 0 spiro atoms. The molecule has 2 rings (SSSR count). The van der Waals surface area contributed by atoms with Crippen LogP contribution in [0.2, 0.25) is 0 Å². The van der Waals surface area contributed by atoms with Gasteiger partial charge in [-0.15, -0.1) is 0 Å². The molecule has 2 aliphatic carbocycles. The number of nitrogens with two attached hydrogens (primary N) is 1. The Morgan fingerprint density at radius 2 is 1.89 bits per heavy atom. The van der Waals surface area contributed by atoms with Gasteiger partial charge in [-0.2, -0.15) is 0 Å². The minimum absolute atomic E-state index is 0.0197. The summed E-state index contributed by atoms with van der Waals surface area (Å²) in [7, 11) is 1.69. The van der Waals surface area contributed by atoms with Crippen molar-refractivity contribution in [1.82, 2.24) is 5.32 Å². The van der Waals surface area contributed by atoms with Gasteiger partial charge in [-0.25, -0.2) is 0 Å². The average Bonchev–Trinajstić information content (AvgIpc) is 2.73. The van der Waals surface area contributed by atoms with Gasteiger partial charge in [-0.05, 0) is 32.1 Å². The lowest BCUT2D eigenvalue weighted by molar-refractivity contribution is -0.135. The van der Waals surface area contributed by atoms with E-state index in [0.717, 1.165) is 44.9 Å². The highest BCUT2D eigenvalue weighted by Crippen LogP contribution is 2.38. The lowest BCUT2D eigenvalue weighted by Gasteiger charge is -2.41. The fourth-order valence-electron chi connectivity index (χ4n) is 3.04. The second kappa shape index (κ2) is 5.13. The topological polar surface area (TPSA) is 64.3 Å². The number of carbonyl (C=O) groups excluding carboxylic acids is 1. The molecule has 18 heavy (non-hydrogen) atoms. The number of methoxy groups -OCH3 is 1. The molecule has 5 heteroatoms. The zero-order valence-corrected chi connectivity index (χ0v) is 11.8. The van der Waals surface area contributed by atoms with E-state index in [1.807, 2.05) is 0 Å². The van der Waals surface area contributed by atoms with Crippen LogP contribution in [0.1, 0.15) is 51.4 Å². The molecule has 0 aromatic rings. The van der Waals surface area contributed by atoms with Crippen LogP contribution in [0.25, 0.3) is 0 Å². The summed E-state index contributed by atoms with van der Waals surface area (Å²) in [4.78, 5) is 12.6. The summed E-state index contributed by atoms with van der Waals surface area (Å²) in [5.74, 6) is 0.0197. The number of hydrogen-bond donors (Lipinski definition) is 2. The van der Waals surface area contributed by atoms with Crippen molar-refractivity contribution in [2.24, 2.45) is 5.73 Å². The van der Waals surface area contributed by atoms with Crippen molar-refractivity contribution < 1.29 is 9.53 Å². The van der Waals surface area contributed by atoms with E-state index < -0.39 is 5.54 Å². The summed E-state index contributed by atoms with van der Waals surface area (Å²) >= 11 is 5.13. The average molecular weight is 270 g/mol. The summed E-state index contributed by atoms with van der Waals surface area (Å²) < 4.78 is 5.48. The number of rotatable bonds is 5. The molecule has 0 aromatic carbocycles. The number of carbonyl (C=O) groups is 1. The second-order valence-electron chi connectivity index (χ2n) is 5.62. The second-order valence-corrected chi connectivity index (χ2v) is 6.06. The van der Waals surface area contributed by atoms with E-state index in [0.29, 0.717) is 11.4 Å². The Labute approximate surface area is 114 Å². The molecule has 4 nitrogen and oxygen atoms in total. The van der Waals surface area contributed by atoms with Gasteiger partial charge in [0.1, 0.15) is 0 Å². The summed E-state index contributed by atoms with van der Waals surface area (Å²) in [5, 5.41) is 3.06. The Bertz CT molecular complexity index is 341. The zero-order chi connectivity index (χ0) is 13.2. The van der Waals surface area contributed by atoms with Crippen molar-refractivity contribution in [3.05, 3.63) is 0 Å². The van der Waals surface area contributed by atoms with E-state index in [9.17, 15) is 4.79 Å². The maximum Gasteiger partial charge on any atom is 0.223 e. The predicted molar refractivity (Wildman–Crippen MR) is 74.3 cm³/mol. The van der Waals surface area contributed by atoms with Gasteiger partial charge in [0.15, 0.2) is 0 Å². The molecule has 2 saturated carbocycles. The first-order chi connectivity index (χ1) is 8.52. The number of ether oxygens (including phenoxy) is 1. The van der Waals surface area contributed by atoms with E-state index in [1.165, 1.54) is 0 Å². The molecule has 0 atom stereocenters. The van der Waals surface area contributed by atoms with E-state index in [-0.39, 0.29) is 11.5 Å². The largest absolute Gasteiger partial charge is 0.391 e. The lowest BCUT2D eigenvalue weighted by Crippen LogP contribution is -2.56. The van der Waals surface area contributed by atoms with E-state index in [1.54, 1.807) is 7.11 Å². The first-order valence-corrected chi connectivity index (χ1v) is 7.09. The third-order valence-electron chi connectivity index (χ3n) is 4.49. The Kier molecular flexibility index (Phi) is 3.92. The molecule has 0 saturated heterocycles. The van der Waals surface area contributed by atoms with Gasteiger partial charge in [-0.1, -0.05) is 25.1 Å². The molecular weight excluding hydrogens is 248 g/mol. The third kappa shape index (κ3) is 2.52. The highest BCUT2D eigenvalue weighted by Gasteiger charge is 2.42. The molecule has 1 amide bonds. The molecule has 102 valence electrons. The van der Waals surface area contributed by atoms with Crippen molar-refractivity contribution >= 4 is 23.1 Å². The van der Waals surface area contributed by atoms with Crippen LogP contribution in [0.5, 0.6) is 0 Å². The normalized spacial score (nSPS) is 24.3. The van der Waals surface area contributed by atoms with Gasteiger partial charge < -0.3 is 15.8 Å². The van der Waals surface area contributed by atoms with E-state index >= 15 is 0 Å². The van der Waals surface area contributed by atoms with Crippen LogP contribution in [-0.2, 0) is 9.53 Å². The smallest absolute Gasteiger partial charge is 0.223 e. The van der Waals surface area contributed by atoms with E-state index in [2.05, 4.69) is 5.32 Å². The van der Waals surface area contributed by atoms with Crippen molar-refractivity contribution in [1.29, 1.82) is 0 Å². The molecule has 0 heterocycles.